The van der Waals surface area contributed by atoms with Gasteiger partial charge in [-0.3, -0.25) is 4.79 Å². The van der Waals surface area contributed by atoms with E-state index in [0.29, 0.717) is 11.3 Å². The molecule has 3 aromatic rings. The number of methoxy groups -OCH3 is 1. The number of thioether (sulfide) groups is 1. The second kappa shape index (κ2) is 6.81. The van der Waals surface area contributed by atoms with Crippen molar-refractivity contribution < 1.29 is 9.53 Å². The summed E-state index contributed by atoms with van der Waals surface area (Å²) in [5.41, 5.74) is 1.78. The number of ether oxygens (including phenoxy) is 1. The minimum atomic E-state index is -0.0886. The van der Waals surface area contributed by atoms with Crippen molar-refractivity contribution in [1.29, 1.82) is 0 Å². The first-order valence-corrected chi connectivity index (χ1v) is 9.34. The lowest BCUT2D eigenvalue weighted by molar-refractivity contribution is 0.0932. The van der Waals surface area contributed by atoms with Crippen LogP contribution in [-0.2, 0) is 0 Å². The molecule has 0 aliphatic carbocycles. The van der Waals surface area contributed by atoms with E-state index < -0.39 is 0 Å². The fourth-order valence-electron chi connectivity index (χ4n) is 3.29. The van der Waals surface area contributed by atoms with Crippen LogP contribution in [-0.4, -0.2) is 18.8 Å². The van der Waals surface area contributed by atoms with Crippen molar-refractivity contribution in [3.05, 3.63) is 71.8 Å². The highest BCUT2D eigenvalue weighted by Crippen LogP contribution is 2.36. The lowest BCUT2D eigenvalue weighted by atomic mass is 10.0. The molecule has 1 aliphatic heterocycles. The topological polar surface area (TPSA) is 38.3 Å². The molecule has 1 aliphatic rings. The van der Waals surface area contributed by atoms with Gasteiger partial charge in [0.25, 0.3) is 5.91 Å². The van der Waals surface area contributed by atoms with E-state index in [-0.39, 0.29) is 11.9 Å². The Kier molecular flexibility index (Phi) is 4.36. The molecule has 0 saturated carbocycles. The fraction of sp³-hybridized carbons (Fsp3) is 0.190. The monoisotopic (exact) mass is 349 g/mol. The van der Waals surface area contributed by atoms with Crippen LogP contribution in [0.15, 0.2) is 65.6 Å². The molecule has 0 radical (unpaired) electrons. The van der Waals surface area contributed by atoms with Gasteiger partial charge < -0.3 is 10.1 Å². The number of carbonyl (C=O) groups is 1. The van der Waals surface area contributed by atoms with E-state index in [0.717, 1.165) is 22.9 Å². The second-order valence-corrected chi connectivity index (χ2v) is 7.24. The zero-order valence-corrected chi connectivity index (χ0v) is 14.8. The Labute approximate surface area is 151 Å². The molecule has 0 aromatic heterocycles. The van der Waals surface area contributed by atoms with Gasteiger partial charge in [-0.25, -0.2) is 0 Å². The highest BCUT2D eigenvalue weighted by Gasteiger charge is 2.23. The number of amides is 1. The number of carbonyl (C=O) groups excluding carboxylic acids is 1. The number of fused-ring (bicyclic) bond motifs is 2. The maximum atomic E-state index is 12.9. The largest absolute Gasteiger partial charge is 0.496 e. The first-order valence-electron chi connectivity index (χ1n) is 8.35. The van der Waals surface area contributed by atoms with Gasteiger partial charge in [-0.2, -0.15) is 0 Å². The minimum Gasteiger partial charge on any atom is -0.496 e. The van der Waals surface area contributed by atoms with Crippen LogP contribution in [0.2, 0.25) is 0 Å². The lowest BCUT2D eigenvalue weighted by Crippen LogP contribution is -2.30. The molecule has 25 heavy (non-hydrogen) atoms. The molecular weight excluding hydrogens is 330 g/mol. The van der Waals surface area contributed by atoms with Crippen LogP contribution in [0.5, 0.6) is 5.75 Å². The van der Waals surface area contributed by atoms with Crippen LogP contribution in [0, 0.1) is 0 Å². The minimum absolute atomic E-state index is 0.0427. The quantitative estimate of drug-likeness (QED) is 0.737. The molecule has 1 atom stereocenters. The summed E-state index contributed by atoms with van der Waals surface area (Å²) in [7, 11) is 1.60. The normalized spacial score (nSPS) is 16.3. The van der Waals surface area contributed by atoms with E-state index in [9.17, 15) is 4.79 Å². The van der Waals surface area contributed by atoms with Crippen molar-refractivity contribution in [2.45, 2.75) is 17.4 Å². The van der Waals surface area contributed by atoms with Gasteiger partial charge in [0.05, 0.1) is 18.7 Å². The SMILES string of the molecule is COc1cc2ccccc2cc1C(=O)N[C@@H]1CCSc2ccccc21. The third-order valence-electron chi connectivity index (χ3n) is 4.58. The maximum absolute atomic E-state index is 12.9. The highest BCUT2D eigenvalue weighted by molar-refractivity contribution is 7.99. The van der Waals surface area contributed by atoms with Crippen molar-refractivity contribution in [3.63, 3.8) is 0 Å². The molecule has 126 valence electrons. The van der Waals surface area contributed by atoms with Gasteiger partial charge in [0.2, 0.25) is 0 Å². The molecule has 1 amide bonds. The predicted molar refractivity (Wildman–Crippen MR) is 102 cm³/mol. The van der Waals surface area contributed by atoms with E-state index in [4.69, 9.17) is 4.74 Å². The smallest absolute Gasteiger partial charge is 0.255 e. The first-order chi connectivity index (χ1) is 12.3. The second-order valence-electron chi connectivity index (χ2n) is 6.10. The summed E-state index contributed by atoms with van der Waals surface area (Å²) >= 11 is 1.85. The van der Waals surface area contributed by atoms with E-state index in [1.165, 1.54) is 10.5 Å². The molecule has 3 nitrogen and oxygen atoms in total. The summed E-state index contributed by atoms with van der Waals surface area (Å²) < 4.78 is 5.47. The van der Waals surface area contributed by atoms with Crippen LogP contribution in [0.1, 0.15) is 28.4 Å². The predicted octanol–water partition coefficient (Wildman–Crippen LogP) is 4.82. The molecule has 0 unspecified atom stereocenters. The van der Waals surface area contributed by atoms with Crippen LogP contribution < -0.4 is 10.1 Å². The summed E-state index contributed by atoms with van der Waals surface area (Å²) in [6.45, 7) is 0. The van der Waals surface area contributed by atoms with Gasteiger partial charge in [-0.1, -0.05) is 42.5 Å². The van der Waals surface area contributed by atoms with Gasteiger partial charge in [-0.15, -0.1) is 11.8 Å². The van der Waals surface area contributed by atoms with Gasteiger partial charge in [-0.05, 0) is 41.0 Å². The standard InChI is InChI=1S/C21H19NO2S/c1-24-19-13-15-7-3-2-6-14(15)12-17(19)21(23)22-18-10-11-25-20-9-5-4-8-16(18)20/h2-9,12-13,18H,10-11H2,1H3,(H,22,23)/t18-/m1/s1. The summed E-state index contributed by atoms with van der Waals surface area (Å²) in [5.74, 6) is 1.53. The van der Waals surface area contributed by atoms with Crippen LogP contribution in [0.3, 0.4) is 0 Å². The van der Waals surface area contributed by atoms with E-state index >= 15 is 0 Å². The maximum Gasteiger partial charge on any atom is 0.255 e. The molecule has 1 heterocycles. The van der Waals surface area contributed by atoms with E-state index in [2.05, 4.69) is 17.4 Å². The summed E-state index contributed by atoms with van der Waals surface area (Å²) in [5, 5.41) is 5.30. The molecular formula is C21H19NO2S. The number of benzene rings is 3. The summed E-state index contributed by atoms with van der Waals surface area (Å²) in [4.78, 5) is 14.2. The third-order valence-corrected chi connectivity index (χ3v) is 5.70. The fourth-order valence-corrected chi connectivity index (χ4v) is 4.42. The highest BCUT2D eigenvalue weighted by atomic mass is 32.2. The number of hydrogen-bond acceptors (Lipinski definition) is 3. The van der Waals surface area contributed by atoms with Crippen LogP contribution >= 0.6 is 11.8 Å². The average Bonchev–Trinajstić information content (AvgIpc) is 2.67. The van der Waals surface area contributed by atoms with Crippen molar-refractivity contribution in [1.82, 2.24) is 5.32 Å². The van der Waals surface area contributed by atoms with Gasteiger partial charge in [0.15, 0.2) is 0 Å². The van der Waals surface area contributed by atoms with Gasteiger partial charge in [0, 0.05) is 10.6 Å². The third kappa shape index (κ3) is 3.10. The van der Waals surface area contributed by atoms with Crippen LogP contribution in [0.4, 0.5) is 0 Å². The van der Waals surface area contributed by atoms with Crippen molar-refractivity contribution in [3.8, 4) is 5.75 Å². The van der Waals surface area contributed by atoms with Crippen molar-refractivity contribution >= 4 is 28.4 Å². The Bertz CT molecular complexity index is 938. The average molecular weight is 349 g/mol. The Morgan fingerprint density at radius 1 is 1.08 bits per heavy atom. The summed E-state index contributed by atoms with van der Waals surface area (Å²) in [6, 6.07) is 20.2. The van der Waals surface area contributed by atoms with Gasteiger partial charge in [0.1, 0.15) is 5.75 Å². The Morgan fingerprint density at radius 2 is 1.80 bits per heavy atom. The Balaban J connectivity index is 1.67. The van der Waals surface area contributed by atoms with E-state index in [1.807, 2.05) is 60.3 Å². The number of hydrogen-bond donors (Lipinski definition) is 1. The zero-order valence-electron chi connectivity index (χ0n) is 14.0. The van der Waals surface area contributed by atoms with Crippen molar-refractivity contribution in [2.24, 2.45) is 0 Å². The molecule has 4 heteroatoms. The van der Waals surface area contributed by atoms with Crippen molar-refractivity contribution in [2.75, 3.05) is 12.9 Å². The first kappa shape index (κ1) is 16.0. The van der Waals surface area contributed by atoms with Gasteiger partial charge >= 0.3 is 0 Å². The van der Waals surface area contributed by atoms with Crippen LogP contribution in [0.25, 0.3) is 10.8 Å². The molecule has 1 N–H and O–H groups in total. The molecule has 0 bridgehead atoms. The summed E-state index contributed by atoms with van der Waals surface area (Å²) in [6.07, 6.45) is 0.934. The zero-order chi connectivity index (χ0) is 17.2. The number of nitrogens with one attached hydrogen (secondary N) is 1. The Morgan fingerprint density at radius 3 is 2.60 bits per heavy atom. The molecule has 0 saturated heterocycles. The molecule has 4 rings (SSSR count). The Hall–Kier alpha value is -2.46. The lowest BCUT2D eigenvalue weighted by Gasteiger charge is -2.26. The number of rotatable bonds is 3. The molecule has 3 aromatic carbocycles. The molecule has 0 fully saturated rings. The van der Waals surface area contributed by atoms with E-state index in [1.54, 1.807) is 7.11 Å². The molecule has 0 spiro atoms.